The van der Waals surface area contributed by atoms with E-state index in [0.717, 1.165) is 38.5 Å². The average Bonchev–Trinajstić information content (AvgIpc) is 3.28. The number of carboxylic acid groups (broad SMARTS) is 1. The molecule has 0 saturated carbocycles. The molecule has 13 nitrogen and oxygen atoms in total. The van der Waals surface area contributed by atoms with E-state index >= 15 is 0 Å². The lowest BCUT2D eigenvalue weighted by molar-refractivity contribution is -0.870. The van der Waals surface area contributed by atoms with E-state index in [4.69, 9.17) is 29.4 Å². The first-order valence-electron chi connectivity index (χ1n) is 24.6. The maximum Gasteiger partial charge on any atom is 0.472 e. The number of aliphatic hydroxyl groups is 1. The monoisotopic (exact) mass is 992 g/mol. The largest absolute Gasteiger partial charge is 0.481 e. The van der Waals surface area contributed by atoms with Crippen molar-refractivity contribution >= 4 is 37.5 Å². The number of nitrogens with two attached hydrogens (primary N) is 1. The summed E-state index contributed by atoms with van der Waals surface area (Å²) in [5.74, 6) is -2.36. The molecule has 1 unspecified atom stereocenters. The SMILES string of the molecule is CCCCC/C=C\C\C=C/C=C/C=C/[C@@H](SC[C@H](N)C(=O)OC[C@H](COP(=O)(O)OCC[N+](C)(C)C)OC(=O)CC/C=C\C/C=C\C/C=C\C/C=C\C/C=C\CCCCC)[C@@H](O)CCCC(=O)O. The summed E-state index contributed by atoms with van der Waals surface area (Å²) in [5, 5.41) is 19.5. The summed E-state index contributed by atoms with van der Waals surface area (Å²) in [5.41, 5.74) is 6.21. The zero-order chi connectivity index (χ0) is 50.6. The second-order valence-electron chi connectivity index (χ2n) is 17.3. The Morgan fingerprint density at radius 2 is 1.21 bits per heavy atom. The molecule has 0 radical (unpaired) electrons. The van der Waals surface area contributed by atoms with Crippen LogP contribution in [0.15, 0.2) is 109 Å². The van der Waals surface area contributed by atoms with Crippen LogP contribution in [0.3, 0.4) is 0 Å². The van der Waals surface area contributed by atoms with E-state index in [0.29, 0.717) is 23.9 Å². The minimum absolute atomic E-state index is 0.00815. The van der Waals surface area contributed by atoms with Gasteiger partial charge >= 0.3 is 25.7 Å². The summed E-state index contributed by atoms with van der Waals surface area (Å²) in [6.45, 7) is 3.67. The number of allylic oxidation sites excluding steroid dienone is 17. The lowest BCUT2D eigenvalue weighted by Gasteiger charge is -2.24. The first-order valence-corrected chi connectivity index (χ1v) is 27.1. The van der Waals surface area contributed by atoms with Crippen molar-refractivity contribution < 1.29 is 57.1 Å². The van der Waals surface area contributed by atoms with Gasteiger partial charge in [0.1, 0.15) is 25.8 Å². The molecule has 0 aromatic heterocycles. The topological polar surface area (TPSA) is 192 Å². The maximum absolute atomic E-state index is 13.1. The van der Waals surface area contributed by atoms with Gasteiger partial charge in [-0.2, -0.15) is 0 Å². The first kappa shape index (κ1) is 64.4. The summed E-state index contributed by atoms with van der Waals surface area (Å²) < 4.78 is 34.3. The van der Waals surface area contributed by atoms with Gasteiger partial charge in [-0.15, -0.1) is 11.8 Å². The summed E-state index contributed by atoms with van der Waals surface area (Å²) >= 11 is 1.21. The van der Waals surface area contributed by atoms with Gasteiger partial charge in [0.2, 0.25) is 0 Å². The highest BCUT2D eigenvalue weighted by molar-refractivity contribution is 8.00. The molecular weight excluding hydrogens is 904 g/mol. The number of carbonyl (C=O) groups excluding carboxylic acids is 2. The highest BCUT2D eigenvalue weighted by Gasteiger charge is 2.28. The number of thioether (sulfide) groups is 1. The Morgan fingerprint density at radius 1 is 0.676 bits per heavy atom. The van der Waals surface area contributed by atoms with Crippen LogP contribution in [0.2, 0.25) is 0 Å². The Balaban J connectivity index is 5.29. The first-order chi connectivity index (χ1) is 32.6. The van der Waals surface area contributed by atoms with Crippen LogP contribution in [-0.2, 0) is 37.5 Å². The molecule has 0 aliphatic heterocycles. The third-order valence-corrected chi connectivity index (χ3v) is 12.2. The highest BCUT2D eigenvalue weighted by atomic mass is 32.2. The predicted octanol–water partition coefficient (Wildman–Crippen LogP) is 11.2. The molecule has 0 amide bonds. The number of likely N-dealkylation sites (N-methyl/N-ethyl adjacent to an activating group) is 1. The fourth-order valence-electron chi connectivity index (χ4n) is 5.79. The minimum atomic E-state index is -4.54. The Labute approximate surface area is 414 Å². The molecule has 15 heteroatoms. The number of phosphoric ester groups is 1. The summed E-state index contributed by atoms with van der Waals surface area (Å²) in [6.07, 6.45) is 49.1. The predicted molar refractivity (Wildman–Crippen MR) is 280 cm³/mol. The van der Waals surface area contributed by atoms with E-state index in [1.165, 1.54) is 50.3 Å². The van der Waals surface area contributed by atoms with Gasteiger partial charge < -0.3 is 34.8 Å². The van der Waals surface area contributed by atoms with Crippen molar-refractivity contribution in [2.24, 2.45) is 5.73 Å². The normalized spacial score (nSPS) is 15.6. The summed E-state index contributed by atoms with van der Waals surface area (Å²) in [6, 6.07) is -1.15. The zero-order valence-corrected chi connectivity index (χ0v) is 43.7. The van der Waals surface area contributed by atoms with Crippen molar-refractivity contribution in [1.29, 1.82) is 0 Å². The molecule has 0 aromatic rings. The number of unbranched alkanes of at least 4 members (excludes halogenated alkanes) is 6. The zero-order valence-electron chi connectivity index (χ0n) is 42.0. The van der Waals surface area contributed by atoms with Gasteiger partial charge in [0.25, 0.3) is 0 Å². The Bertz CT molecular complexity index is 1650. The molecule has 5 atom stereocenters. The van der Waals surface area contributed by atoms with E-state index < -0.39 is 62.4 Å². The van der Waals surface area contributed by atoms with Gasteiger partial charge in [0.15, 0.2) is 6.10 Å². The summed E-state index contributed by atoms with van der Waals surface area (Å²) in [7, 11) is 1.15. The molecule has 0 aliphatic carbocycles. The van der Waals surface area contributed by atoms with E-state index in [-0.39, 0.29) is 38.0 Å². The van der Waals surface area contributed by atoms with Crippen LogP contribution in [0.1, 0.15) is 129 Å². The van der Waals surface area contributed by atoms with Crippen molar-refractivity contribution in [3.8, 4) is 0 Å². The summed E-state index contributed by atoms with van der Waals surface area (Å²) in [4.78, 5) is 47.3. The number of quaternary nitrogens is 1. The molecule has 68 heavy (non-hydrogen) atoms. The molecule has 0 saturated heterocycles. The van der Waals surface area contributed by atoms with Crippen molar-refractivity contribution in [2.75, 3.05) is 53.3 Å². The molecule has 0 aliphatic rings. The van der Waals surface area contributed by atoms with Gasteiger partial charge in [-0.25, -0.2) is 4.57 Å². The number of carbonyl (C=O) groups is 3. The highest BCUT2D eigenvalue weighted by Crippen LogP contribution is 2.43. The molecule has 0 bridgehead atoms. The van der Waals surface area contributed by atoms with Crippen molar-refractivity contribution in [1.82, 2.24) is 0 Å². The number of hydrogen-bond acceptors (Lipinski definition) is 11. The lowest BCUT2D eigenvalue weighted by atomic mass is 10.1. The molecular formula is C53H88N2O11PS+. The standard InChI is InChI=1S/C53H87N2O11PS/c1-6-8-10-12-14-16-18-20-21-22-23-24-25-26-28-30-32-34-36-41-52(59)66-47(45-65-67(61,62)64-43-42-55(3,4)5)44-63-53(60)48(54)46-68-50(49(56)38-37-40-51(57)58)39-35-33-31-29-27-19-17-15-13-11-9-7-2/h14-17,20-21,23-24,26-29,31-35,39,47-50,56H,6-13,18-19,22,25,30,36-38,40-46,54H2,1-5H3,(H-,57,58,61,62)/p+1/b16-14-,17-15-,21-20-,24-23-,28-26-,29-27-,33-31+,34-32-,39-35+/t47-,48+,49+,50-/m1/s1. The van der Waals surface area contributed by atoms with E-state index in [1.807, 2.05) is 63.7 Å². The molecule has 386 valence electrons. The van der Waals surface area contributed by atoms with Gasteiger partial charge in [-0.05, 0) is 77.0 Å². The minimum Gasteiger partial charge on any atom is -0.481 e. The second kappa shape index (κ2) is 43.4. The van der Waals surface area contributed by atoms with Crippen LogP contribution < -0.4 is 5.73 Å². The number of esters is 2. The maximum atomic E-state index is 13.1. The molecule has 0 spiro atoms. The van der Waals surface area contributed by atoms with Crippen LogP contribution in [0.25, 0.3) is 0 Å². The number of aliphatic carboxylic acids is 1. The van der Waals surface area contributed by atoms with Gasteiger partial charge in [0.05, 0.1) is 33.9 Å². The van der Waals surface area contributed by atoms with Crippen LogP contribution >= 0.6 is 19.6 Å². The fourth-order valence-corrected chi connectivity index (χ4v) is 7.66. The number of hydrogen-bond donors (Lipinski definition) is 4. The van der Waals surface area contributed by atoms with Gasteiger partial charge in [0, 0.05) is 23.8 Å². The Hall–Kier alpha value is -3.59. The number of aliphatic hydroxyl groups excluding tert-OH is 1. The van der Waals surface area contributed by atoms with Crippen LogP contribution in [0, 0.1) is 0 Å². The Morgan fingerprint density at radius 3 is 1.75 bits per heavy atom. The number of ether oxygens (including phenoxy) is 2. The number of phosphoric acid groups is 1. The van der Waals surface area contributed by atoms with Crippen molar-refractivity contribution in [3.05, 3.63) is 109 Å². The third kappa shape index (κ3) is 43.7. The van der Waals surface area contributed by atoms with Crippen LogP contribution in [-0.4, -0.2) is 114 Å². The third-order valence-electron chi connectivity index (χ3n) is 9.79. The quantitative estimate of drug-likeness (QED) is 0.0113. The smallest absolute Gasteiger partial charge is 0.472 e. The lowest BCUT2D eigenvalue weighted by Crippen LogP contribution is -2.39. The Kier molecular flexibility index (Phi) is 41.1. The van der Waals surface area contributed by atoms with Gasteiger partial charge in [-0.3, -0.25) is 23.4 Å². The van der Waals surface area contributed by atoms with Crippen molar-refractivity contribution in [2.45, 2.75) is 153 Å². The molecule has 0 rings (SSSR count). The average molecular weight is 992 g/mol. The molecule has 0 fully saturated rings. The number of nitrogens with zero attached hydrogens (tertiary/aromatic N) is 1. The van der Waals surface area contributed by atoms with Crippen LogP contribution in [0.5, 0.6) is 0 Å². The van der Waals surface area contributed by atoms with E-state index in [9.17, 15) is 28.9 Å². The van der Waals surface area contributed by atoms with Crippen LogP contribution in [0.4, 0.5) is 0 Å². The molecule has 0 heterocycles. The van der Waals surface area contributed by atoms with Crippen molar-refractivity contribution in [3.63, 3.8) is 0 Å². The fraction of sp³-hybridized carbons (Fsp3) is 0.604. The molecule has 5 N–H and O–H groups in total. The number of carboxylic acids is 1. The van der Waals surface area contributed by atoms with E-state index in [2.05, 4.69) is 68.5 Å². The molecule has 0 aromatic carbocycles. The van der Waals surface area contributed by atoms with Gasteiger partial charge in [-0.1, -0.05) is 149 Å². The number of rotatable bonds is 43. The second-order valence-corrected chi connectivity index (χ2v) is 20.0. The van der Waals surface area contributed by atoms with E-state index in [1.54, 1.807) is 12.2 Å².